The summed E-state index contributed by atoms with van der Waals surface area (Å²) in [6.07, 6.45) is 4.70. The molecule has 0 fully saturated rings. The molecule has 0 unspecified atom stereocenters. The number of hydrogen-bond acceptors (Lipinski definition) is 3. The number of hydrogen-bond donors (Lipinski definition) is 2. The summed E-state index contributed by atoms with van der Waals surface area (Å²) in [5.41, 5.74) is 0.521. The van der Waals surface area contributed by atoms with Gasteiger partial charge in [0, 0.05) is 32.7 Å². The number of anilines is 1. The molecule has 0 aliphatic carbocycles. The van der Waals surface area contributed by atoms with Crippen LogP contribution in [0, 0.1) is 0 Å². The second-order valence-corrected chi connectivity index (χ2v) is 3.85. The summed E-state index contributed by atoms with van der Waals surface area (Å²) in [6, 6.07) is 1.39. The first-order chi connectivity index (χ1) is 9.49. The number of carbonyl (C=O) groups excluding carboxylic acids is 1. The van der Waals surface area contributed by atoms with Gasteiger partial charge in [0.05, 0.1) is 5.69 Å². The molecule has 2 heterocycles. The van der Waals surface area contributed by atoms with E-state index in [0.717, 1.165) is 0 Å². The molecule has 0 spiro atoms. The quantitative estimate of drug-likeness (QED) is 0.894. The number of carboxylic acids is 1. The van der Waals surface area contributed by atoms with E-state index in [1.54, 1.807) is 24.9 Å². The number of amides is 1. The summed E-state index contributed by atoms with van der Waals surface area (Å²) in [7, 11) is 3.30. The summed E-state index contributed by atoms with van der Waals surface area (Å²) >= 11 is 0. The van der Waals surface area contributed by atoms with Gasteiger partial charge in [0.1, 0.15) is 5.69 Å². The molecule has 1 amide bonds. The predicted molar refractivity (Wildman–Crippen MR) is 74.9 cm³/mol. The van der Waals surface area contributed by atoms with Gasteiger partial charge in [-0.3, -0.25) is 4.79 Å². The van der Waals surface area contributed by atoms with Gasteiger partial charge in [0.25, 0.3) is 5.91 Å². The standard InChI is InChI=1S/C11H12N4O3.C2H6/c1-14-4-3-12-9(14)10(16)13-7-5-8(11(17)18)15(2)6-7;1-2/h3-6H,1-2H3,(H,13,16)(H,17,18);1-2H3. The maximum atomic E-state index is 11.8. The minimum atomic E-state index is -1.05. The van der Waals surface area contributed by atoms with E-state index in [1.165, 1.54) is 23.0 Å². The second kappa shape index (κ2) is 6.55. The summed E-state index contributed by atoms with van der Waals surface area (Å²) in [6.45, 7) is 4.00. The van der Waals surface area contributed by atoms with E-state index in [9.17, 15) is 9.59 Å². The molecule has 0 bridgehead atoms. The first-order valence-corrected chi connectivity index (χ1v) is 6.17. The fraction of sp³-hybridized carbons (Fsp3) is 0.308. The zero-order valence-electron chi connectivity index (χ0n) is 11.9. The molecule has 0 aliphatic heterocycles. The van der Waals surface area contributed by atoms with Crippen LogP contribution in [0.25, 0.3) is 0 Å². The lowest BCUT2D eigenvalue weighted by Gasteiger charge is -2.01. The Labute approximate surface area is 116 Å². The highest BCUT2D eigenvalue weighted by Gasteiger charge is 2.14. The fourth-order valence-electron chi connectivity index (χ4n) is 1.62. The van der Waals surface area contributed by atoms with E-state index in [1.807, 2.05) is 13.8 Å². The van der Waals surface area contributed by atoms with Gasteiger partial charge in [-0.25, -0.2) is 9.78 Å². The molecule has 2 rings (SSSR count). The van der Waals surface area contributed by atoms with Gasteiger partial charge in [-0.1, -0.05) is 13.8 Å². The van der Waals surface area contributed by atoms with E-state index in [2.05, 4.69) is 10.3 Å². The Morgan fingerprint density at radius 3 is 2.35 bits per heavy atom. The van der Waals surface area contributed by atoms with E-state index >= 15 is 0 Å². The Bertz CT molecular complexity index is 613. The van der Waals surface area contributed by atoms with Crippen LogP contribution in [0.2, 0.25) is 0 Å². The van der Waals surface area contributed by atoms with Crippen LogP contribution in [0.4, 0.5) is 5.69 Å². The maximum Gasteiger partial charge on any atom is 0.352 e. The number of aryl methyl sites for hydroxylation is 2. The van der Waals surface area contributed by atoms with Crippen molar-refractivity contribution in [2.24, 2.45) is 14.1 Å². The van der Waals surface area contributed by atoms with E-state index < -0.39 is 5.97 Å². The van der Waals surface area contributed by atoms with Gasteiger partial charge in [-0.05, 0) is 6.07 Å². The number of nitrogens with zero attached hydrogens (tertiary/aromatic N) is 3. The first kappa shape index (κ1) is 15.5. The van der Waals surface area contributed by atoms with Gasteiger partial charge >= 0.3 is 5.97 Å². The van der Waals surface area contributed by atoms with Crippen molar-refractivity contribution in [2.45, 2.75) is 13.8 Å². The third-order valence-corrected chi connectivity index (χ3v) is 2.51. The van der Waals surface area contributed by atoms with Gasteiger partial charge < -0.3 is 19.6 Å². The zero-order chi connectivity index (χ0) is 15.3. The Morgan fingerprint density at radius 1 is 1.25 bits per heavy atom. The number of aromatic nitrogens is 3. The average Bonchev–Trinajstić information content (AvgIpc) is 2.98. The highest BCUT2D eigenvalue weighted by molar-refractivity contribution is 6.02. The molecule has 0 saturated carbocycles. The van der Waals surface area contributed by atoms with Gasteiger partial charge in [-0.15, -0.1) is 0 Å². The fourth-order valence-corrected chi connectivity index (χ4v) is 1.62. The molecule has 108 valence electrons. The molecule has 2 aromatic rings. The molecular formula is C13H18N4O3. The zero-order valence-corrected chi connectivity index (χ0v) is 11.9. The number of imidazole rings is 1. The number of rotatable bonds is 3. The Hall–Kier alpha value is -2.57. The monoisotopic (exact) mass is 278 g/mol. The first-order valence-electron chi connectivity index (χ1n) is 6.17. The van der Waals surface area contributed by atoms with Gasteiger partial charge in [0.15, 0.2) is 5.82 Å². The Kier molecular flexibility index (Phi) is 5.08. The summed E-state index contributed by atoms with van der Waals surface area (Å²) in [5.74, 6) is -1.17. The third kappa shape index (κ3) is 3.25. The van der Waals surface area contributed by atoms with Gasteiger partial charge in [-0.2, -0.15) is 0 Å². The van der Waals surface area contributed by atoms with Crippen LogP contribution in [-0.2, 0) is 14.1 Å². The van der Waals surface area contributed by atoms with Crippen molar-refractivity contribution in [1.29, 1.82) is 0 Å². The smallest absolute Gasteiger partial charge is 0.352 e. The van der Waals surface area contributed by atoms with Crippen LogP contribution in [0.1, 0.15) is 35.0 Å². The van der Waals surface area contributed by atoms with Crippen molar-refractivity contribution in [1.82, 2.24) is 14.1 Å². The minimum Gasteiger partial charge on any atom is -0.477 e. The van der Waals surface area contributed by atoms with Crippen molar-refractivity contribution >= 4 is 17.6 Å². The lowest BCUT2D eigenvalue weighted by Crippen LogP contribution is -2.16. The largest absolute Gasteiger partial charge is 0.477 e. The number of aromatic carboxylic acids is 1. The van der Waals surface area contributed by atoms with Crippen LogP contribution in [-0.4, -0.2) is 31.1 Å². The molecular weight excluding hydrogens is 260 g/mol. The number of nitrogens with one attached hydrogen (secondary N) is 1. The van der Waals surface area contributed by atoms with E-state index in [-0.39, 0.29) is 17.4 Å². The van der Waals surface area contributed by atoms with Crippen molar-refractivity contribution in [3.63, 3.8) is 0 Å². The van der Waals surface area contributed by atoms with Crippen LogP contribution in [0.5, 0.6) is 0 Å². The summed E-state index contributed by atoms with van der Waals surface area (Å²) in [5, 5.41) is 11.5. The molecule has 0 aromatic carbocycles. The topological polar surface area (TPSA) is 89.2 Å². The SMILES string of the molecule is CC.Cn1cc(NC(=O)c2nccn2C)cc1C(=O)O. The van der Waals surface area contributed by atoms with Crippen molar-refractivity contribution in [2.75, 3.05) is 5.32 Å². The molecule has 7 heteroatoms. The van der Waals surface area contributed by atoms with Crippen molar-refractivity contribution in [3.05, 3.63) is 36.2 Å². The molecule has 20 heavy (non-hydrogen) atoms. The molecule has 2 aromatic heterocycles. The van der Waals surface area contributed by atoms with Crippen LogP contribution in [0.15, 0.2) is 24.7 Å². The van der Waals surface area contributed by atoms with Crippen LogP contribution < -0.4 is 5.32 Å². The summed E-state index contributed by atoms with van der Waals surface area (Å²) in [4.78, 5) is 26.6. The van der Waals surface area contributed by atoms with Crippen LogP contribution >= 0.6 is 0 Å². The summed E-state index contributed by atoms with van der Waals surface area (Å²) < 4.78 is 3.01. The molecule has 0 saturated heterocycles. The lowest BCUT2D eigenvalue weighted by atomic mass is 10.4. The predicted octanol–water partition coefficient (Wildman–Crippen LogP) is 1.74. The Morgan fingerprint density at radius 2 is 1.90 bits per heavy atom. The number of carbonyl (C=O) groups is 2. The van der Waals surface area contributed by atoms with Crippen molar-refractivity contribution < 1.29 is 14.7 Å². The number of carboxylic acid groups (broad SMARTS) is 1. The Balaban J connectivity index is 0.000000956. The molecule has 0 radical (unpaired) electrons. The highest BCUT2D eigenvalue weighted by Crippen LogP contribution is 2.13. The third-order valence-electron chi connectivity index (χ3n) is 2.51. The lowest BCUT2D eigenvalue weighted by molar-refractivity contribution is 0.0686. The van der Waals surface area contributed by atoms with Crippen LogP contribution in [0.3, 0.4) is 0 Å². The molecule has 0 aliphatic rings. The highest BCUT2D eigenvalue weighted by atomic mass is 16.4. The van der Waals surface area contributed by atoms with Gasteiger partial charge in [0.2, 0.25) is 0 Å². The van der Waals surface area contributed by atoms with Crippen molar-refractivity contribution in [3.8, 4) is 0 Å². The minimum absolute atomic E-state index is 0.102. The molecule has 0 atom stereocenters. The van der Waals surface area contributed by atoms with E-state index in [4.69, 9.17) is 5.11 Å². The van der Waals surface area contributed by atoms with E-state index in [0.29, 0.717) is 5.69 Å². The second-order valence-electron chi connectivity index (χ2n) is 3.85. The molecule has 7 nitrogen and oxygen atoms in total. The maximum absolute atomic E-state index is 11.8. The molecule has 2 N–H and O–H groups in total. The normalized spacial score (nSPS) is 9.60. The average molecular weight is 278 g/mol.